The van der Waals surface area contributed by atoms with Gasteiger partial charge in [0.1, 0.15) is 11.9 Å². The molecule has 1 aliphatic carbocycles. The molecule has 90 valence electrons. The van der Waals surface area contributed by atoms with Crippen molar-refractivity contribution in [3.63, 3.8) is 0 Å². The number of carbonyl (C=O) groups excluding carboxylic acids is 1. The van der Waals surface area contributed by atoms with Crippen LogP contribution in [0.5, 0.6) is 5.75 Å². The summed E-state index contributed by atoms with van der Waals surface area (Å²) in [4.78, 5) is 11.1. The summed E-state index contributed by atoms with van der Waals surface area (Å²) >= 11 is 0. The Balaban J connectivity index is 2.11. The van der Waals surface area contributed by atoms with Crippen LogP contribution in [0, 0.1) is 0 Å². The second-order valence-corrected chi connectivity index (χ2v) is 4.19. The van der Waals surface area contributed by atoms with E-state index in [1.54, 1.807) is 0 Å². The number of carbonyl (C=O) groups is 1. The second-order valence-electron chi connectivity index (χ2n) is 4.19. The zero-order valence-corrected chi connectivity index (χ0v) is 9.98. The molecule has 0 radical (unpaired) electrons. The molecule has 0 bridgehead atoms. The third-order valence-electron chi connectivity index (χ3n) is 2.69. The summed E-state index contributed by atoms with van der Waals surface area (Å²) in [7, 11) is 0. The monoisotopic (exact) mass is 231 g/mol. The fourth-order valence-corrected chi connectivity index (χ4v) is 1.90. The average Bonchev–Trinajstić information content (AvgIpc) is 2.32. The van der Waals surface area contributed by atoms with Gasteiger partial charge in [-0.15, -0.1) is 0 Å². The number of benzene rings is 1. The van der Waals surface area contributed by atoms with E-state index in [4.69, 9.17) is 4.74 Å². The molecule has 1 aliphatic rings. The van der Waals surface area contributed by atoms with Gasteiger partial charge >= 0.3 is 0 Å². The van der Waals surface area contributed by atoms with Gasteiger partial charge in [-0.2, -0.15) is 0 Å². The molecule has 1 amide bonds. The molecule has 0 saturated carbocycles. The first-order valence-electron chi connectivity index (χ1n) is 5.95. The van der Waals surface area contributed by atoms with Crippen molar-refractivity contribution in [2.75, 3.05) is 5.32 Å². The lowest BCUT2D eigenvalue weighted by Gasteiger charge is -2.20. The molecule has 1 aromatic carbocycles. The van der Waals surface area contributed by atoms with E-state index in [1.165, 1.54) is 6.92 Å². The maximum Gasteiger partial charge on any atom is 0.221 e. The van der Waals surface area contributed by atoms with Crippen LogP contribution < -0.4 is 10.1 Å². The van der Waals surface area contributed by atoms with Gasteiger partial charge in [-0.3, -0.25) is 4.79 Å². The molecule has 0 unspecified atom stereocenters. The SMILES string of the molecule is CC(=O)Nc1ccccc1O[C@H]1C=CCCC1. The van der Waals surface area contributed by atoms with Crippen molar-refractivity contribution in [3.05, 3.63) is 36.4 Å². The molecule has 0 saturated heterocycles. The van der Waals surface area contributed by atoms with E-state index in [0.717, 1.165) is 30.7 Å². The van der Waals surface area contributed by atoms with Crippen LogP contribution in [0.4, 0.5) is 5.69 Å². The first kappa shape index (κ1) is 11.7. The minimum atomic E-state index is -0.0831. The molecule has 0 spiro atoms. The number of para-hydroxylation sites is 2. The number of hydrogen-bond donors (Lipinski definition) is 1. The number of ether oxygens (including phenoxy) is 1. The van der Waals surface area contributed by atoms with Crippen LogP contribution in [0.1, 0.15) is 26.2 Å². The molecule has 1 atom stereocenters. The van der Waals surface area contributed by atoms with E-state index in [2.05, 4.69) is 17.5 Å². The van der Waals surface area contributed by atoms with Crippen molar-refractivity contribution in [1.82, 2.24) is 0 Å². The van der Waals surface area contributed by atoms with Crippen molar-refractivity contribution < 1.29 is 9.53 Å². The summed E-state index contributed by atoms with van der Waals surface area (Å²) in [6.07, 6.45) is 7.68. The Labute approximate surface area is 101 Å². The van der Waals surface area contributed by atoms with Gasteiger partial charge in [0.05, 0.1) is 5.69 Å². The Hall–Kier alpha value is -1.77. The molecule has 3 heteroatoms. The van der Waals surface area contributed by atoms with Crippen LogP contribution >= 0.6 is 0 Å². The predicted octanol–water partition coefficient (Wildman–Crippen LogP) is 3.13. The van der Waals surface area contributed by atoms with Crippen molar-refractivity contribution in [1.29, 1.82) is 0 Å². The van der Waals surface area contributed by atoms with Gasteiger partial charge < -0.3 is 10.1 Å². The Morgan fingerprint density at radius 3 is 2.94 bits per heavy atom. The van der Waals surface area contributed by atoms with Crippen molar-refractivity contribution >= 4 is 11.6 Å². The number of nitrogens with one attached hydrogen (secondary N) is 1. The van der Waals surface area contributed by atoms with Crippen LogP contribution in [0.3, 0.4) is 0 Å². The van der Waals surface area contributed by atoms with Crippen LogP contribution in [-0.4, -0.2) is 12.0 Å². The number of anilines is 1. The molecule has 3 nitrogen and oxygen atoms in total. The van der Waals surface area contributed by atoms with E-state index in [1.807, 2.05) is 24.3 Å². The fourth-order valence-electron chi connectivity index (χ4n) is 1.90. The Bertz CT molecular complexity index is 426. The van der Waals surface area contributed by atoms with Crippen LogP contribution in [-0.2, 0) is 4.79 Å². The predicted molar refractivity (Wildman–Crippen MR) is 68.2 cm³/mol. The molecule has 0 fully saturated rings. The molecule has 1 N–H and O–H groups in total. The van der Waals surface area contributed by atoms with Gasteiger partial charge in [0, 0.05) is 6.92 Å². The van der Waals surface area contributed by atoms with Crippen LogP contribution in [0.15, 0.2) is 36.4 Å². The topological polar surface area (TPSA) is 38.3 Å². The lowest BCUT2D eigenvalue weighted by Crippen LogP contribution is -2.17. The van der Waals surface area contributed by atoms with Gasteiger partial charge in [0.2, 0.25) is 5.91 Å². The Kier molecular flexibility index (Phi) is 3.81. The minimum absolute atomic E-state index is 0.0831. The van der Waals surface area contributed by atoms with Crippen LogP contribution in [0.2, 0.25) is 0 Å². The molecular weight excluding hydrogens is 214 g/mol. The highest BCUT2D eigenvalue weighted by atomic mass is 16.5. The van der Waals surface area contributed by atoms with Gasteiger partial charge in [-0.1, -0.05) is 18.2 Å². The number of hydrogen-bond acceptors (Lipinski definition) is 2. The maximum absolute atomic E-state index is 11.1. The average molecular weight is 231 g/mol. The first-order valence-corrected chi connectivity index (χ1v) is 5.95. The molecule has 0 aromatic heterocycles. The number of rotatable bonds is 3. The van der Waals surface area contributed by atoms with Gasteiger partial charge in [-0.05, 0) is 37.5 Å². The number of allylic oxidation sites excluding steroid dienone is 1. The first-order chi connectivity index (χ1) is 8.25. The maximum atomic E-state index is 11.1. The van der Waals surface area contributed by atoms with Gasteiger partial charge in [-0.25, -0.2) is 0 Å². The zero-order valence-electron chi connectivity index (χ0n) is 9.98. The largest absolute Gasteiger partial charge is 0.484 e. The fraction of sp³-hybridized carbons (Fsp3) is 0.357. The quantitative estimate of drug-likeness (QED) is 0.812. The van der Waals surface area contributed by atoms with Gasteiger partial charge in [0.25, 0.3) is 0 Å². The summed E-state index contributed by atoms with van der Waals surface area (Å²) in [6.45, 7) is 1.50. The third-order valence-corrected chi connectivity index (χ3v) is 2.69. The molecule has 0 aliphatic heterocycles. The third kappa shape index (κ3) is 3.34. The van der Waals surface area contributed by atoms with Gasteiger partial charge in [0.15, 0.2) is 0 Å². The van der Waals surface area contributed by atoms with E-state index in [0.29, 0.717) is 0 Å². The standard InChI is InChI=1S/C14H17NO2/c1-11(16)15-13-9-5-6-10-14(13)17-12-7-3-2-4-8-12/h3,5-7,9-10,12H,2,4,8H2,1H3,(H,15,16)/t12-/m0/s1. The zero-order chi connectivity index (χ0) is 12.1. The smallest absolute Gasteiger partial charge is 0.221 e. The Morgan fingerprint density at radius 2 is 2.24 bits per heavy atom. The van der Waals surface area contributed by atoms with E-state index < -0.39 is 0 Å². The minimum Gasteiger partial charge on any atom is -0.484 e. The highest BCUT2D eigenvalue weighted by Crippen LogP contribution is 2.27. The normalized spacial score (nSPS) is 18.8. The number of amides is 1. The highest BCUT2D eigenvalue weighted by Gasteiger charge is 2.12. The second kappa shape index (κ2) is 5.53. The van der Waals surface area contributed by atoms with Crippen molar-refractivity contribution in [3.8, 4) is 5.75 Å². The van der Waals surface area contributed by atoms with Crippen LogP contribution in [0.25, 0.3) is 0 Å². The summed E-state index contributed by atoms with van der Waals surface area (Å²) in [5.41, 5.74) is 0.735. The summed E-state index contributed by atoms with van der Waals surface area (Å²) in [5, 5.41) is 2.77. The van der Waals surface area contributed by atoms with Crippen molar-refractivity contribution in [2.24, 2.45) is 0 Å². The Morgan fingerprint density at radius 1 is 1.41 bits per heavy atom. The molecular formula is C14H17NO2. The molecule has 17 heavy (non-hydrogen) atoms. The van der Waals surface area contributed by atoms with E-state index in [-0.39, 0.29) is 12.0 Å². The van der Waals surface area contributed by atoms with E-state index in [9.17, 15) is 4.79 Å². The lowest BCUT2D eigenvalue weighted by molar-refractivity contribution is -0.114. The molecule has 0 heterocycles. The molecule has 2 rings (SSSR count). The lowest BCUT2D eigenvalue weighted by atomic mass is 10.1. The summed E-state index contributed by atoms with van der Waals surface area (Å²) in [5.74, 6) is 0.652. The molecule has 1 aromatic rings. The highest BCUT2D eigenvalue weighted by molar-refractivity contribution is 5.90. The summed E-state index contributed by atoms with van der Waals surface area (Å²) < 4.78 is 5.89. The summed E-state index contributed by atoms with van der Waals surface area (Å²) in [6, 6.07) is 7.53. The van der Waals surface area contributed by atoms with E-state index >= 15 is 0 Å². The van der Waals surface area contributed by atoms with Crippen molar-refractivity contribution in [2.45, 2.75) is 32.3 Å².